The van der Waals surface area contributed by atoms with Crippen LogP contribution in [0.5, 0.6) is 5.75 Å². The molecule has 2 aromatic carbocycles. The van der Waals surface area contributed by atoms with Gasteiger partial charge in [-0.2, -0.15) is 0 Å². The van der Waals surface area contributed by atoms with E-state index in [0.29, 0.717) is 5.56 Å². The molecule has 0 unspecified atom stereocenters. The van der Waals surface area contributed by atoms with E-state index in [1.54, 1.807) is 24.5 Å². The van der Waals surface area contributed by atoms with Gasteiger partial charge in [0.15, 0.2) is 0 Å². The maximum atomic E-state index is 12.3. The van der Waals surface area contributed by atoms with Crippen LogP contribution in [0.3, 0.4) is 0 Å². The highest BCUT2D eigenvalue weighted by Crippen LogP contribution is 2.23. The minimum atomic E-state index is -0.409. The lowest BCUT2D eigenvalue weighted by Crippen LogP contribution is -2.12. The first-order chi connectivity index (χ1) is 13.2. The Morgan fingerprint density at radius 3 is 2.78 bits per heavy atom. The zero-order chi connectivity index (χ0) is 18.6. The van der Waals surface area contributed by atoms with Crippen molar-refractivity contribution in [3.8, 4) is 5.75 Å². The summed E-state index contributed by atoms with van der Waals surface area (Å²) in [5.74, 6) is 0.313. The fraction of sp³-hybridized carbons (Fsp3) is 0.136. The molecular weight excluding hydrogens is 340 g/mol. The first-order valence-corrected chi connectivity index (χ1v) is 8.71. The summed E-state index contributed by atoms with van der Waals surface area (Å²) in [7, 11) is 0. The third-order valence-electron chi connectivity index (χ3n) is 4.26. The van der Waals surface area contributed by atoms with Gasteiger partial charge in [-0.25, -0.2) is 4.79 Å². The number of carbonyl (C=O) groups excluding carboxylic acids is 1. The number of fused-ring (bicyclic) bond motifs is 2. The molecule has 0 atom stereocenters. The molecule has 4 rings (SSSR count). The summed E-state index contributed by atoms with van der Waals surface area (Å²) < 4.78 is 11.1. The number of aryl methyl sites for hydroxylation is 1. The molecule has 0 fully saturated rings. The molecule has 0 aliphatic heterocycles. The predicted molar refractivity (Wildman–Crippen MR) is 104 cm³/mol. The number of pyridine rings is 2. The Hall–Kier alpha value is -3.47. The summed E-state index contributed by atoms with van der Waals surface area (Å²) in [5.41, 5.74) is 3.29. The lowest BCUT2D eigenvalue weighted by atomic mass is 10.1. The second kappa shape index (κ2) is 7.41. The van der Waals surface area contributed by atoms with Gasteiger partial charge in [0.2, 0.25) is 0 Å². The molecule has 2 aromatic heterocycles. The highest BCUT2D eigenvalue weighted by molar-refractivity contribution is 5.93. The summed E-state index contributed by atoms with van der Waals surface area (Å²) in [6.07, 6.45) is 3.24. The van der Waals surface area contributed by atoms with Gasteiger partial charge in [0, 0.05) is 23.2 Å². The zero-order valence-electron chi connectivity index (χ0n) is 14.9. The highest BCUT2D eigenvalue weighted by Gasteiger charge is 2.09. The second-order valence-corrected chi connectivity index (χ2v) is 6.23. The molecule has 134 valence electrons. The molecule has 0 amide bonds. The summed E-state index contributed by atoms with van der Waals surface area (Å²) in [5, 5.41) is 1.84. The molecule has 0 aliphatic rings. The Kier molecular flexibility index (Phi) is 4.66. The van der Waals surface area contributed by atoms with Gasteiger partial charge in [-0.1, -0.05) is 24.3 Å². The van der Waals surface area contributed by atoms with Crippen LogP contribution >= 0.6 is 0 Å². The van der Waals surface area contributed by atoms with Gasteiger partial charge in [-0.3, -0.25) is 9.97 Å². The number of hydrogen-bond acceptors (Lipinski definition) is 5. The molecule has 4 aromatic rings. The van der Waals surface area contributed by atoms with Gasteiger partial charge in [0.25, 0.3) is 0 Å². The van der Waals surface area contributed by atoms with E-state index in [2.05, 4.69) is 9.97 Å². The van der Waals surface area contributed by atoms with E-state index < -0.39 is 5.97 Å². The van der Waals surface area contributed by atoms with Gasteiger partial charge >= 0.3 is 5.97 Å². The van der Waals surface area contributed by atoms with Crippen molar-refractivity contribution < 1.29 is 14.3 Å². The summed E-state index contributed by atoms with van der Waals surface area (Å²) in [6, 6.07) is 17.3. The third kappa shape index (κ3) is 3.72. The minimum absolute atomic E-state index is 0.154. The summed E-state index contributed by atoms with van der Waals surface area (Å²) in [4.78, 5) is 20.9. The first-order valence-electron chi connectivity index (χ1n) is 8.71. The van der Waals surface area contributed by atoms with Crippen LogP contribution in [0, 0.1) is 6.92 Å². The van der Waals surface area contributed by atoms with E-state index in [1.165, 1.54) is 0 Å². The van der Waals surface area contributed by atoms with Crippen LogP contribution in [0.4, 0.5) is 0 Å². The molecule has 5 heteroatoms. The number of esters is 1. The van der Waals surface area contributed by atoms with E-state index in [4.69, 9.17) is 9.47 Å². The lowest BCUT2D eigenvalue weighted by molar-refractivity contribution is 0.0451. The predicted octanol–water partition coefficient (Wildman–Crippen LogP) is 4.33. The van der Waals surface area contributed by atoms with E-state index >= 15 is 0 Å². The average Bonchev–Trinajstić information content (AvgIpc) is 2.70. The van der Waals surface area contributed by atoms with Crippen molar-refractivity contribution in [1.29, 1.82) is 0 Å². The van der Waals surface area contributed by atoms with Crippen LogP contribution in [0.15, 0.2) is 67.0 Å². The zero-order valence-corrected chi connectivity index (χ0v) is 14.9. The summed E-state index contributed by atoms with van der Waals surface area (Å²) >= 11 is 0. The van der Waals surface area contributed by atoms with Crippen LogP contribution in [-0.4, -0.2) is 29.2 Å². The first kappa shape index (κ1) is 17.0. The van der Waals surface area contributed by atoms with Crippen LogP contribution < -0.4 is 4.74 Å². The van der Waals surface area contributed by atoms with Gasteiger partial charge in [0.05, 0.1) is 16.6 Å². The molecule has 0 bridgehead atoms. The highest BCUT2D eigenvalue weighted by atomic mass is 16.6. The Balaban J connectivity index is 1.37. The van der Waals surface area contributed by atoms with Crippen molar-refractivity contribution >= 4 is 27.8 Å². The normalized spacial score (nSPS) is 10.9. The number of benzene rings is 2. The van der Waals surface area contributed by atoms with E-state index in [1.807, 2.05) is 49.4 Å². The molecular formula is C22H18N2O3. The Bertz CT molecular complexity index is 1120. The average molecular weight is 358 g/mol. The molecule has 2 heterocycles. The van der Waals surface area contributed by atoms with Gasteiger partial charge in [0.1, 0.15) is 19.0 Å². The minimum Gasteiger partial charge on any atom is -0.489 e. The number of ether oxygens (including phenoxy) is 2. The molecule has 0 radical (unpaired) electrons. The second-order valence-electron chi connectivity index (χ2n) is 6.23. The van der Waals surface area contributed by atoms with Crippen molar-refractivity contribution in [1.82, 2.24) is 9.97 Å². The Labute approximate surface area is 156 Å². The van der Waals surface area contributed by atoms with Crippen LogP contribution in [0.2, 0.25) is 0 Å². The van der Waals surface area contributed by atoms with Crippen LogP contribution in [0.1, 0.15) is 15.9 Å². The summed E-state index contributed by atoms with van der Waals surface area (Å²) in [6.45, 7) is 2.43. The fourth-order valence-electron chi connectivity index (χ4n) is 2.91. The number of nitrogens with zero attached hydrogens (tertiary/aromatic N) is 2. The molecule has 5 nitrogen and oxygen atoms in total. The van der Waals surface area contributed by atoms with Crippen molar-refractivity contribution in [2.75, 3.05) is 13.2 Å². The SMILES string of the molecule is Cc1ccc2cc(C(=O)OCCOc3ccnc4ccccc34)cnc2c1. The topological polar surface area (TPSA) is 61.3 Å². The number of para-hydroxylation sites is 1. The Morgan fingerprint density at radius 2 is 1.85 bits per heavy atom. The fourth-order valence-corrected chi connectivity index (χ4v) is 2.91. The molecule has 0 N–H and O–H groups in total. The van der Waals surface area contributed by atoms with Crippen molar-refractivity contribution in [3.63, 3.8) is 0 Å². The number of hydrogen-bond donors (Lipinski definition) is 0. The number of rotatable bonds is 5. The third-order valence-corrected chi connectivity index (χ3v) is 4.26. The van der Waals surface area contributed by atoms with Crippen molar-refractivity contribution in [2.24, 2.45) is 0 Å². The lowest BCUT2D eigenvalue weighted by Gasteiger charge is -2.09. The van der Waals surface area contributed by atoms with Gasteiger partial charge < -0.3 is 9.47 Å². The smallest absolute Gasteiger partial charge is 0.339 e. The molecule has 0 aliphatic carbocycles. The molecule has 0 spiro atoms. The molecule has 0 saturated carbocycles. The van der Waals surface area contributed by atoms with Gasteiger partial charge in [-0.05, 0) is 42.8 Å². The number of carbonyl (C=O) groups is 1. The van der Waals surface area contributed by atoms with Crippen LogP contribution in [0.25, 0.3) is 21.8 Å². The number of aromatic nitrogens is 2. The largest absolute Gasteiger partial charge is 0.489 e. The van der Waals surface area contributed by atoms with Crippen molar-refractivity contribution in [2.45, 2.75) is 6.92 Å². The van der Waals surface area contributed by atoms with Crippen LogP contribution in [-0.2, 0) is 4.74 Å². The van der Waals surface area contributed by atoms with Gasteiger partial charge in [-0.15, -0.1) is 0 Å². The Morgan fingerprint density at radius 1 is 0.963 bits per heavy atom. The van der Waals surface area contributed by atoms with E-state index in [-0.39, 0.29) is 13.2 Å². The standard InChI is InChI=1S/C22H18N2O3/c1-15-6-7-16-13-17(14-24-20(16)12-15)22(25)27-11-10-26-21-8-9-23-19-5-3-2-4-18(19)21/h2-9,12-14H,10-11H2,1H3. The maximum Gasteiger partial charge on any atom is 0.339 e. The van der Waals surface area contributed by atoms with Crippen molar-refractivity contribution in [3.05, 3.63) is 78.1 Å². The molecule has 0 saturated heterocycles. The van der Waals surface area contributed by atoms with E-state index in [9.17, 15) is 4.79 Å². The maximum absolute atomic E-state index is 12.3. The quantitative estimate of drug-likeness (QED) is 0.393. The van der Waals surface area contributed by atoms with E-state index in [0.717, 1.165) is 33.1 Å². The molecule has 27 heavy (non-hydrogen) atoms. The monoisotopic (exact) mass is 358 g/mol.